The van der Waals surface area contributed by atoms with E-state index in [2.05, 4.69) is 93.6 Å². The number of hydrogen-bond donors (Lipinski definition) is 0. The Kier molecular flexibility index (Phi) is 7.57. The smallest absolute Gasteiger partial charge is 0.302 e. The van der Waals surface area contributed by atoms with E-state index < -0.39 is 0 Å². The first-order chi connectivity index (χ1) is 19.3. The first-order valence-electron chi connectivity index (χ1n) is 16.0. The number of rotatable bonds is 6. The van der Waals surface area contributed by atoms with Gasteiger partial charge in [0.1, 0.15) is 6.10 Å². The molecule has 0 aliphatic heterocycles. The van der Waals surface area contributed by atoms with Crippen LogP contribution in [-0.4, -0.2) is 12.1 Å². The monoisotopic (exact) mass is 536 g/mol. The zero-order chi connectivity index (χ0) is 27.9. The van der Waals surface area contributed by atoms with E-state index in [0.717, 1.165) is 42.9 Å². The lowest BCUT2D eigenvalue weighted by Gasteiger charge is -2.58. The second kappa shape index (κ2) is 11.0. The largest absolute Gasteiger partial charge is 0.462 e. The van der Waals surface area contributed by atoms with Crippen molar-refractivity contribution in [2.24, 2.45) is 40.4 Å². The van der Waals surface area contributed by atoms with E-state index in [1.807, 2.05) is 0 Å². The van der Waals surface area contributed by atoms with Crippen LogP contribution in [0.5, 0.6) is 0 Å². The molecule has 2 nitrogen and oxygen atoms in total. The molecule has 2 aromatic carbocycles. The molecular weight excluding hydrogens is 488 g/mol. The third-order valence-electron chi connectivity index (χ3n) is 12.0. The average Bonchev–Trinajstić information content (AvgIpc) is 3.31. The Hall–Kier alpha value is -2.61. The molecule has 2 aromatic rings. The lowest BCUT2D eigenvalue weighted by molar-refractivity contribution is -0.148. The summed E-state index contributed by atoms with van der Waals surface area (Å²) in [6, 6.07) is 21.9. The molecule has 2 heteroatoms. The van der Waals surface area contributed by atoms with Crippen molar-refractivity contribution < 1.29 is 9.53 Å². The molecule has 0 amide bonds. The maximum Gasteiger partial charge on any atom is 0.302 e. The molecule has 4 aliphatic rings. The van der Waals surface area contributed by atoms with Crippen LogP contribution in [0.1, 0.15) is 96.6 Å². The topological polar surface area (TPSA) is 26.3 Å². The maximum atomic E-state index is 11.6. The molecule has 0 radical (unpaired) electrons. The summed E-state index contributed by atoms with van der Waals surface area (Å²) in [4.78, 5) is 11.6. The van der Waals surface area contributed by atoms with Crippen molar-refractivity contribution in [3.63, 3.8) is 0 Å². The van der Waals surface area contributed by atoms with E-state index >= 15 is 0 Å². The van der Waals surface area contributed by atoms with Crippen LogP contribution in [0.15, 0.2) is 78.4 Å². The molecule has 0 N–H and O–H groups in total. The molecule has 4 aliphatic carbocycles. The highest BCUT2D eigenvalue weighted by molar-refractivity contribution is 5.79. The van der Waals surface area contributed by atoms with Gasteiger partial charge in [0.15, 0.2) is 0 Å². The number of hydrogen-bond acceptors (Lipinski definition) is 2. The Morgan fingerprint density at radius 3 is 2.25 bits per heavy atom. The van der Waals surface area contributed by atoms with Crippen molar-refractivity contribution in [3.05, 3.63) is 89.5 Å². The number of allylic oxidation sites excluding steroid dienone is 2. The van der Waals surface area contributed by atoms with Gasteiger partial charge in [0.05, 0.1) is 0 Å². The zero-order valence-electron chi connectivity index (χ0n) is 25.1. The number of ether oxygens (including phenoxy) is 1. The van der Waals surface area contributed by atoms with Gasteiger partial charge in [-0.25, -0.2) is 0 Å². The first kappa shape index (κ1) is 27.6. The number of benzene rings is 2. The van der Waals surface area contributed by atoms with Gasteiger partial charge in [-0.15, -0.1) is 0 Å². The van der Waals surface area contributed by atoms with Gasteiger partial charge in [-0.05, 0) is 108 Å². The highest BCUT2D eigenvalue weighted by Gasteiger charge is 2.59. The molecule has 40 heavy (non-hydrogen) atoms. The minimum atomic E-state index is -0.128. The summed E-state index contributed by atoms with van der Waals surface area (Å²) in [5, 5.41) is 0. The summed E-state index contributed by atoms with van der Waals surface area (Å²) in [5.41, 5.74) is 6.35. The van der Waals surface area contributed by atoms with E-state index in [1.165, 1.54) is 55.2 Å². The SMILES string of the molecule is CC(=O)O[C@H]1CC[C@@]2(C)C(=CCC3C2CC[C@@]2(C)C3CC[C@@H]2C(C)CC=C(c2ccccc2)c2ccccc2)C1. The minimum absolute atomic E-state index is 0.0867. The Morgan fingerprint density at radius 2 is 1.60 bits per heavy atom. The zero-order valence-corrected chi connectivity index (χ0v) is 25.1. The van der Waals surface area contributed by atoms with Gasteiger partial charge in [-0.1, -0.05) is 99.2 Å². The molecule has 8 atom stereocenters. The lowest BCUT2D eigenvalue weighted by atomic mass is 9.47. The summed E-state index contributed by atoms with van der Waals surface area (Å²) < 4.78 is 5.66. The molecule has 0 bridgehead atoms. The summed E-state index contributed by atoms with van der Waals surface area (Å²) in [5.74, 6) is 3.79. The molecule has 0 saturated heterocycles. The van der Waals surface area contributed by atoms with E-state index in [9.17, 15) is 4.79 Å². The molecule has 212 valence electrons. The van der Waals surface area contributed by atoms with Crippen LogP contribution in [0.2, 0.25) is 0 Å². The highest BCUT2D eigenvalue weighted by Crippen LogP contribution is 2.67. The summed E-state index contributed by atoms with van der Waals surface area (Å²) in [7, 11) is 0. The Bertz CT molecular complexity index is 1220. The third kappa shape index (κ3) is 4.90. The van der Waals surface area contributed by atoms with Gasteiger partial charge < -0.3 is 4.74 Å². The Balaban J connectivity index is 1.20. The van der Waals surface area contributed by atoms with Crippen molar-refractivity contribution >= 4 is 11.5 Å². The molecular formula is C38H48O2. The fourth-order valence-electron chi connectivity index (χ4n) is 10.0. The van der Waals surface area contributed by atoms with E-state index in [1.54, 1.807) is 12.5 Å². The van der Waals surface area contributed by atoms with E-state index in [-0.39, 0.29) is 12.1 Å². The molecule has 0 heterocycles. The van der Waals surface area contributed by atoms with Crippen LogP contribution < -0.4 is 0 Å². The number of esters is 1. The van der Waals surface area contributed by atoms with Crippen molar-refractivity contribution in [1.82, 2.24) is 0 Å². The van der Waals surface area contributed by atoms with E-state index in [4.69, 9.17) is 4.74 Å². The quantitative estimate of drug-likeness (QED) is 0.271. The molecule has 3 fully saturated rings. The second-order valence-electron chi connectivity index (χ2n) is 14.0. The van der Waals surface area contributed by atoms with Crippen molar-refractivity contribution in [3.8, 4) is 0 Å². The predicted molar refractivity (Wildman–Crippen MR) is 164 cm³/mol. The van der Waals surface area contributed by atoms with Gasteiger partial charge in [0.25, 0.3) is 0 Å². The van der Waals surface area contributed by atoms with Crippen LogP contribution in [0.25, 0.3) is 5.57 Å². The first-order valence-corrected chi connectivity index (χ1v) is 16.0. The standard InChI is InChI=1S/C38H48O2/c1-26(15-17-32(28-11-7-5-8-12-28)29-13-9-6-10-14-29)34-19-20-35-33-18-16-30-25-31(40-27(2)39)21-23-37(30,3)36(33)22-24-38(34,35)4/h5-14,16-17,26,31,33-36H,15,18-25H2,1-4H3/t26?,31-,33?,34+,35?,36?,37-,38+/m0/s1. The van der Waals surface area contributed by atoms with Gasteiger partial charge in [-0.3, -0.25) is 4.79 Å². The summed E-state index contributed by atoms with van der Waals surface area (Å²) in [6.07, 6.45) is 16.3. The lowest BCUT2D eigenvalue weighted by Crippen LogP contribution is -2.51. The molecule has 3 saturated carbocycles. The van der Waals surface area contributed by atoms with Crippen molar-refractivity contribution in [2.45, 2.75) is 91.6 Å². The summed E-state index contributed by atoms with van der Waals surface area (Å²) in [6.45, 7) is 9.31. The van der Waals surface area contributed by atoms with Crippen LogP contribution in [0.4, 0.5) is 0 Å². The van der Waals surface area contributed by atoms with Gasteiger partial charge >= 0.3 is 5.97 Å². The van der Waals surface area contributed by atoms with Crippen LogP contribution in [0.3, 0.4) is 0 Å². The molecule has 0 spiro atoms. The highest BCUT2D eigenvalue weighted by atomic mass is 16.5. The molecule has 6 rings (SSSR count). The fraction of sp³-hybridized carbons (Fsp3) is 0.553. The second-order valence-corrected chi connectivity index (χ2v) is 14.0. The Labute approximate surface area is 242 Å². The third-order valence-corrected chi connectivity index (χ3v) is 12.0. The van der Waals surface area contributed by atoms with Crippen LogP contribution in [-0.2, 0) is 9.53 Å². The van der Waals surface area contributed by atoms with E-state index in [0.29, 0.717) is 16.7 Å². The Morgan fingerprint density at radius 1 is 0.925 bits per heavy atom. The normalized spacial score (nSPS) is 35.4. The van der Waals surface area contributed by atoms with Crippen LogP contribution >= 0.6 is 0 Å². The predicted octanol–water partition coefficient (Wildman–Crippen LogP) is 9.66. The summed E-state index contributed by atoms with van der Waals surface area (Å²) >= 11 is 0. The number of fused-ring (bicyclic) bond motifs is 5. The van der Waals surface area contributed by atoms with Gasteiger partial charge in [0.2, 0.25) is 0 Å². The van der Waals surface area contributed by atoms with Crippen molar-refractivity contribution in [2.75, 3.05) is 0 Å². The minimum Gasteiger partial charge on any atom is -0.462 e. The van der Waals surface area contributed by atoms with Crippen LogP contribution in [0, 0.1) is 40.4 Å². The van der Waals surface area contributed by atoms with Gasteiger partial charge in [-0.2, -0.15) is 0 Å². The molecule has 0 aromatic heterocycles. The molecule has 4 unspecified atom stereocenters. The number of carbonyl (C=O) groups is 1. The maximum absolute atomic E-state index is 11.6. The fourth-order valence-corrected chi connectivity index (χ4v) is 10.0. The average molecular weight is 537 g/mol. The van der Waals surface area contributed by atoms with Gasteiger partial charge in [0, 0.05) is 13.3 Å². The van der Waals surface area contributed by atoms with Crippen molar-refractivity contribution in [1.29, 1.82) is 0 Å². The number of carbonyl (C=O) groups excluding carboxylic acids is 1.